The second-order valence-electron chi connectivity index (χ2n) is 9.65. The normalized spacial score (nSPS) is 16.8. The molecular formula is C34H37NO4. The number of ether oxygens (including phenoxy) is 2. The number of nitrogens with zero attached hydrogens (tertiary/aromatic N) is 1. The van der Waals surface area contributed by atoms with E-state index < -0.39 is 17.4 Å². The van der Waals surface area contributed by atoms with Crippen LogP contribution >= 0.6 is 0 Å². The number of likely N-dealkylation sites (N-methyl/N-ethyl adjacent to an activating group) is 1. The fourth-order valence-electron chi connectivity index (χ4n) is 5.60. The van der Waals surface area contributed by atoms with Crippen molar-refractivity contribution in [2.75, 3.05) is 19.8 Å². The first-order valence-corrected chi connectivity index (χ1v) is 13.6. The van der Waals surface area contributed by atoms with Gasteiger partial charge in [0, 0.05) is 12.6 Å². The summed E-state index contributed by atoms with van der Waals surface area (Å²) in [4.78, 5) is 29.6. The zero-order valence-corrected chi connectivity index (χ0v) is 23.4. The number of hydrogen-bond donors (Lipinski definition) is 0. The van der Waals surface area contributed by atoms with Crippen LogP contribution in [-0.4, -0.2) is 42.6 Å². The number of rotatable bonds is 8. The molecule has 0 radical (unpaired) electrons. The summed E-state index contributed by atoms with van der Waals surface area (Å²) in [6.45, 7) is 10.5. The number of carbonyl (C=O) groups is 2. The quantitative estimate of drug-likeness (QED) is 0.317. The van der Waals surface area contributed by atoms with Crippen molar-refractivity contribution in [1.29, 1.82) is 0 Å². The molecule has 1 aliphatic rings. The lowest BCUT2D eigenvalue weighted by atomic mass is 9.68. The predicted octanol–water partition coefficient (Wildman–Crippen LogP) is 6.47. The van der Waals surface area contributed by atoms with E-state index in [-0.39, 0.29) is 30.5 Å². The van der Waals surface area contributed by atoms with Gasteiger partial charge in [-0.25, -0.2) is 9.59 Å². The van der Waals surface area contributed by atoms with Crippen molar-refractivity contribution in [3.8, 4) is 0 Å². The molecule has 1 atom stereocenters. The molecule has 202 valence electrons. The first-order chi connectivity index (χ1) is 18.9. The Morgan fingerprint density at radius 3 is 1.77 bits per heavy atom. The van der Waals surface area contributed by atoms with Crippen LogP contribution < -0.4 is 0 Å². The first-order valence-electron chi connectivity index (χ1n) is 13.6. The van der Waals surface area contributed by atoms with E-state index in [1.807, 2.05) is 79.4 Å². The van der Waals surface area contributed by atoms with E-state index in [4.69, 9.17) is 9.47 Å². The van der Waals surface area contributed by atoms with Gasteiger partial charge in [-0.3, -0.25) is 0 Å². The van der Waals surface area contributed by atoms with Crippen molar-refractivity contribution < 1.29 is 19.1 Å². The zero-order chi connectivity index (χ0) is 28.0. The first kappa shape index (κ1) is 27.9. The van der Waals surface area contributed by atoms with Crippen LogP contribution in [0.2, 0.25) is 0 Å². The van der Waals surface area contributed by atoms with E-state index in [1.54, 1.807) is 13.8 Å². The molecule has 3 aromatic carbocycles. The van der Waals surface area contributed by atoms with Crippen LogP contribution in [0.1, 0.15) is 49.9 Å². The van der Waals surface area contributed by atoms with Crippen LogP contribution in [0, 0.1) is 6.92 Å². The van der Waals surface area contributed by atoms with Gasteiger partial charge in [0.2, 0.25) is 0 Å². The summed E-state index contributed by atoms with van der Waals surface area (Å²) in [5, 5.41) is 0. The van der Waals surface area contributed by atoms with Gasteiger partial charge in [-0.15, -0.1) is 0 Å². The van der Waals surface area contributed by atoms with Crippen molar-refractivity contribution in [3.63, 3.8) is 0 Å². The van der Waals surface area contributed by atoms with E-state index in [0.717, 1.165) is 22.3 Å². The molecule has 1 heterocycles. The molecule has 0 aliphatic carbocycles. The summed E-state index contributed by atoms with van der Waals surface area (Å²) < 4.78 is 11.2. The molecular weight excluding hydrogens is 486 g/mol. The molecule has 0 saturated heterocycles. The average Bonchev–Trinajstić information content (AvgIpc) is 3.07. The summed E-state index contributed by atoms with van der Waals surface area (Å²) in [6.07, 6.45) is 2.16. The highest BCUT2D eigenvalue weighted by molar-refractivity contribution is 6.13. The predicted molar refractivity (Wildman–Crippen MR) is 155 cm³/mol. The van der Waals surface area contributed by atoms with Gasteiger partial charge in [0.25, 0.3) is 0 Å². The standard InChI is InChI=1S/C34H37NO4/c1-6-35-25(5)34(27-15-11-9-12-16-27,28-17-13-10-14-18-28)23-29(26-21-19-24(4)20-22-26)30(32(36)38-7-2)31(35)33(37)39-8-3/h9-23,25H,6-8H2,1-5H3. The van der Waals surface area contributed by atoms with Gasteiger partial charge >= 0.3 is 11.9 Å². The topological polar surface area (TPSA) is 55.8 Å². The minimum atomic E-state index is -0.718. The molecule has 0 bridgehead atoms. The molecule has 0 N–H and O–H groups in total. The molecule has 1 aliphatic heterocycles. The van der Waals surface area contributed by atoms with Crippen molar-refractivity contribution in [2.45, 2.75) is 46.1 Å². The van der Waals surface area contributed by atoms with Crippen molar-refractivity contribution in [3.05, 3.63) is 125 Å². The molecule has 5 heteroatoms. The number of aryl methyl sites for hydroxylation is 1. The third-order valence-corrected chi connectivity index (χ3v) is 7.45. The molecule has 0 aromatic heterocycles. The molecule has 39 heavy (non-hydrogen) atoms. The van der Waals surface area contributed by atoms with E-state index >= 15 is 0 Å². The van der Waals surface area contributed by atoms with Gasteiger partial charge in [-0.2, -0.15) is 0 Å². The third kappa shape index (κ3) is 5.26. The van der Waals surface area contributed by atoms with Crippen LogP contribution in [0.15, 0.2) is 102 Å². The fraction of sp³-hybridized carbons (Fsp3) is 0.294. The zero-order valence-electron chi connectivity index (χ0n) is 23.4. The van der Waals surface area contributed by atoms with Crippen molar-refractivity contribution in [1.82, 2.24) is 4.90 Å². The molecule has 0 amide bonds. The maximum atomic E-state index is 13.8. The lowest BCUT2D eigenvalue weighted by Crippen LogP contribution is -2.49. The maximum absolute atomic E-state index is 13.8. The summed E-state index contributed by atoms with van der Waals surface area (Å²) in [7, 11) is 0. The highest BCUT2D eigenvalue weighted by atomic mass is 16.5. The smallest absolute Gasteiger partial charge is 0.355 e. The monoisotopic (exact) mass is 523 g/mol. The van der Waals surface area contributed by atoms with Crippen LogP contribution in [-0.2, 0) is 24.5 Å². The Balaban J connectivity index is 2.20. The summed E-state index contributed by atoms with van der Waals surface area (Å²) in [6, 6.07) is 28.3. The Bertz CT molecular complexity index is 1320. The highest BCUT2D eigenvalue weighted by Crippen LogP contribution is 2.47. The SMILES string of the molecule is CCOC(=O)C1=C(C(=O)OCC)N(CC)C(C)C(c2ccccc2)(c2ccccc2)C=C1c1ccc(C)cc1. The van der Waals surface area contributed by atoms with Gasteiger partial charge in [0.1, 0.15) is 5.70 Å². The van der Waals surface area contributed by atoms with E-state index in [0.29, 0.717) is 12.1 Å². The van der Waals surface area contributed by atoms with Gasteiger partial charge < -0.3 is 14.4 Å². The minimum Gasteiger partial charge on any atom is -0.462 e. The van der Waals surface area contributed by atoms with E-state index in [2.05, 4.69) is 37.3 Å². The van der Waals surface area contributed by atoms with Crippen LogP contribution in [0.25, 0.3) is 5.57 Å². The highest BCUT2D eigenvalue weighted by Gasteiger charge is 2.47. The van der Waals surface area contributed by atoms with Gasteiger partial charge in [-0.05, 0) is 56.9 Å². The van der Waals surface area contributed by atoms with Crippen molar-refractivity contribution in [2.24, 2.45) is 0 Å². The lowest BCUT2D eigenvalue weighted by Gasteiger charge is -2.44. The third-order valence-electron chi connectivity index (χ3n) is 7.45. The minimum absolute atomic E-state index is 0.184. The second kappa shape index (κ2) is 12.2. The number of carbonyl (C=O) groups excluding carboxylic acids is 2. The lowest BCUT2D eigenvalue weighted by molar-refractivity contribution is -0.143. The Labute approximate surface area is 231 Å². The second-order valence-corrected chi connectivity index (χ2v) is 9.65. The van der Waals surface area contributed by atoms with Crippen LogP contribution in [0.3, 0.4) is 0 Å². The Kier molecular flexibility index (Phi) is 8.70. The average molecular weight is 524 g/mol. The van der Waals surface area contributed by atoms with E-state index in [9.17, 15) is 9.59 Å². The fourth-order valence-corrected chi connectivity index (χ4v) is 5.60. The molecule has 0 saturated carbocycles. The van der Waals surface area contributed by atoms with Crippen molar-refractivity contribution >= 4 is 17.5 Å². The Morgan fingerprint density at radius 1 is 0.769 bits per heavy atom. The van der Waals surface area contributed by atoms with Crippen LogP contribution in [0.4, 0.5) is 0 Å². The van der Waals surface area contributed by atoms with E-state index in [1.165, 1.54) is 0 Å². The molecule has 3 aromatic rings. The summed E-state index contributed by atoms with van der Waals surface area (Å²) >= 11 is 0. The Morgan fingerprint density at radius 2 is 1.28 bits per heavy atom. The summed E-state index contributed by atoms with van der Waals surface area (Å²) in [5.74, 6) is -1.08. The molecule has 0 spiro atoms. The molecule has 0 fully saturated rings. The van der Waals surface area contributed by atoms with Gasteiger partial charge in [-0.1, -0.05) is 96.6 Å². The number of esters is 2. The molecule has 1 unspecified atom stereocenters. The molecule has 5 nitrogen and oxygen atoms in total. The molecule has 4 rings (SSSR count). The number of benzene rings is 3. The number of hydrogen-bond acceptors (Lipinski definition) is 5. The Hall–Kier alpha value is -4.12. The maximum Gasteiger partial charge on any atom is 0.355 e. The van der Waals surface area contributed by atoms with Crippen LogP contribution in [0.5, 0.6) is 0 Å². The van der Waals surface area contributed by atoms with Gasteiger partial charge in [0.05, 0.1) is 24.2 Å². The summed E-state index contributed by atoms with van der Waals surface area (Å²) in [5.41, 5.74) is 4.41. The van der Waals surface area contributed by atoms with Gasteiger partial charge in [0.15, 0.2) is 0 Å². The largest absolute Gasteiger partial charge is 0.462 e.